The number of methoxy groups -OCH3 is 2. The van der Waals surface area contributed by atoms with Crippen molar-refractivity contribution in [2.24, 2.45) is 0 Å². The summed E-state index contributed by atoms with van der Waals surface area (Å²) in [7, 11) is 3.17. The zero-order chi connectivity index (χ0) is 20.2. The number of ether oxygens (including phenoxy) is 2. The minimum absolute atomic E-state index is 0.108. The van der Waals surface area contributed by atoms with Gasteiger partial charge in [-0.2, -0.15) is 0 Å². The van der Waals surface area contributed by atoms with Crippen molar-refractivity contribution in [2.75, 3.05) is 19.5 Å². The van der Waals surface area contributed by atoms with Gasteiger partial charge < -0.3 is 14.8 Å². The topological polar surface area (TPSA) is 60.5 Å². The number of rotatable bonds is 6. The van der Waals surface area contributed by atoms with E-state index < -0.39 is 0 Å². The van der Waals surface area contributed by atoms with Crippen LogP contribution in [0.1, 0.15) is 29.5 Å². The molecule has 1 N–H and O–H groups in total. The second kappa shape index (κ2) is 8.66. The zero-order valence-electron chi connectivity index (χ0n) is 16.7. The molecule has 1 aliphatic carbocycles. The SMILES string of the molecule is COc1ccc(CC(=O)Nc2nc(-c3ccc4c(c3)CCCC4)cs2)cc1OC. The lowest BCUT2D eigenvalue weighted by atomic mass is 9.90. The maximum absolute atomic E-state index is 12.5. The van der Waals surface area contributed by atoms with Crippen molar-refractivity contribution in [1.29, 1.82) is 0 Å². The van der Waals surface area contributed by atoms with Gasteiger partial charge in [-0.1, -0.05) is 18.2 Å². The fourth-order valence-electron chi connectivity index (χ4n) is 3.70. The van der Waals surface area contributed by atoms with Crippen LogP contribution in [0.2, 0.25) is 0 Å². The van der Waals surface area contributed by atoms with Crippen molar-refractivity contribution < 1.29 is 14.3 Å². The molecular formula is C23H24N2O3S. The van der Waals surface area contributed by atoms with Gasteiger partial charge in [0.2, 0.25) is 5.91 Å². The molecule has 5 nitrogen and oxygen atoms in total. The molecule has 2 aromatic carbocycles. The van der Waals surface area contributed by atoms with Gasteiger partial charge in [0.1, 0.15) is 0 Å². The first-order valence-electron chi connectivity index (χ1n) is 9.74. The van der Waals surface area contributed by atoms with Crippen LogP contribution >= 0.6 is 11.3 Å². The number of nitrogens with one attached hydrogen (secondary N) is 1. The van der Waals surface area contributed by atoms with E-state index in [0.717, 1.165) is 23.2 Å². The highest BCUT2D eigenvalue weighted by atomic mass is 32.1. The lowest BCUT2D eigenvalue weighted by Gasteiger charge is -2.16. The largest absolute Gasteiger partial charge is 0.493 e. The monoisotopic (exact) mass is 408 g/mol. The molecule has 0 radical (unpaired) electrons. The fraction of sp³-hybridized carbons (Fsp3) is 0.304. The van der Waals surface area contributed by atoms with E-state index in [1.165, 1.54) is 41.7 Å². The van der Waals surface area contributed by atoms with E-state index >= 15 is 0 Å². The first-order chi connectivity index (χ1) is 14.2. The number of fused-ring (bicyclic) bond motifs is 1. The Bertz CT molecular complexity index is 1030. The van der Waals surface area contributed by atoms with Gasteiger partial charge in [0, 0.05) is 10.9 Å². The molecule has 0 saturated heterocycles. The molecule has 0 spiro atoms. The summed E-state index contributed by atoms with van der Waals surface area (Å²) < 4.78 is 10.5. The van der Waals surface area contributed by atoms with Crippen LogP contribution in [0.25, 0.3) is 11.3 Å². The molecule has 4 rings (SSSR count). The van der Waals surface area contributed by atoms with E-state index in [2.05, 4.69) is 28.5 Å². The van der Waals surface area contributed by atoms with Gasteiger partial charge in [0.15, 0.2) is 16.6 Å². The summed E-state index contributed by atoms with van der Waals surface area (Å²) in [6.07, 6.45) is 5.09. The number of hydrogen-bond acceptors (Lipinski definition) is 5. The number of anilines is 1. The number of amides is 1. The van der Waals surface area contributed by atoms with Crippen LogP contribution in [0.5, 0.6) is 11.5 Å². The Balaban J connectivity index is 1.43. The third-order valence-electron chi connectivity index (χ3n) is 5.21. The normalized spacial score (nSPS) is 12.9. The van der Waals surface area contributed by atoms with E-state index in [1.54, 1.807) is 20.3 Å². The van der Waals surface area contributed by atoms with Gasteiger partial charge in [-0.25, -0.2) is 4.98 Å². The summed E-state index contributed by atoms with van der Waals surface area (Å²) in [5, 5.41) is 5.52. The van der Waals surface area contributed by atoms with E-state index in [0.29, 0.717) is 16.6 Å². The molecule has 29 heavy (non-hydrogen) atoms. The maximum atomic E-state index is 12.5. The second-order valence-corrected chi connectivity index (χ2v) is 8.00. The highest BCUT2D eigenvalue weighted by molar-refractivity contribution is 7.14. The van der Waals surface area contributed by atoms with Crippen LogP contribution in [-0.4, -0.2) is 25.1 Å². The molecule has 0 saturated carbocycles. The molecule has 0 aliphatic heterocycles. The smallest absolute Gasteiger partial charge is 0.230 e. The van der Waals surface area contributed by atoms with Crippen molar-refractivity contribution in [3.05, 3.63) is 58.5 Å². The number of aromatic nitrogens is 1. The lowest BCUT2D eigenvalue weighted by Crippen LogP contribution is -2.14. The van der Waals surface area contributed by atoms with Gasteiger partial charge in [-0.3, -0.25) is 4.79 Å². The summed E-state index contributed by atoms with van der Waals surface area (Å²) >= 11 is 1.45. The summed E-state index contributed by atoms with van der Waals surface area (Å²) in [6, 6.07) is 12.1. The van der Waals surface area contributed by atoms with E-state index in [1.807, 2.05) is 17.5 Å². The van der Waals surface area contributed by atoms with E-state index in [9.17, 15) is 4.79 Å². The average molecular weight is 409 g/mol. The molecule has 0 bridgehead atoms. The summed E-state index contributed by atoms with van der Waals surface area (Å²) in [6.45, 7) is 0. The van der Waals surface area contributed by atoms with Crippen molar-refractivity contribution in [2.45, 2.75) is 32.1 Å². The van der Waals surface area contributed by atoms with Gasteiger partial charge in [-0.05, 0) is 60.6 Å². The number of benzene rings is 2. The lowest BCUT2D eigenvalue weighted by molar-refractivity contribution is -0.115. The molecule has 0 atom stereocenters. The summed E-state index contributed by atoms with van der Waals surface area (Å²) in [5.41, 5.74) is 5.76. The Morgan fingerprint density at radius 1 is 1.03 bits per heavy atom. The summed E-state index contributed by atoms with van der Waals surface area (Å²) in [5.74, 6) is 1.15. The van der Waals surface area contributed by atoms with E-state index in [4.69, 9.17) is 9.47 Å². The zero-order valence-corrected chi connectivity index (χ0v) is 17.5. The molecule has 150 valence electrons. The molecule has 6 heteroatoms. The second-order valence-electron chi connectivity index (χ2n) is 7.14. The van der Waals surface area contributed by atoms with Gasteiger partial charge >= 0.3 is 0 Å². The minimum Gasteiger partial charge on any atom is -0.493 e. The molecule has 1 aliphatic rings. The quantitative estimate of drug-likeness (QED) is 0.631. The number of thiazole rings is 1. The average Bonchev–Trinajstić information content (AvgIpc) is 3.21. The van der Waals surface area contributed by atoms with Gasteiger partial charge in [-0.15, -0.1) is 11.3 Å². The van der Waals surface area contributed by atoms with Crippen LogP contribution in [0.3, 0.4) is 0 Å². The number of aryl methyl sites for hydroxylation is 2. The predicted octanol–water partition coefficient (Wildman–Crippen LogP) is 4.89. The van der Waals surface area contributed by atoms with Crippen LogP contribution in [0, 0.1) is 0 Å². The maximum Gasteiger partial charge on any atom is 0.230 e. The van der Waals surface area contributed by atoms with Crippen molar-refractivity contribution >= 4 is 22.4 Å². The Kier molecular flexibility index (Phi) is 5.81. The van der Waals surface area contributed by atoms with Crippen molar-refractivity contribution in [3.63, 3.8) is 0 Å². The van der Waals surface area contributed by atoms with Crippen molar-refractivity contribution in [3.8, 4) is 22.8 Å². The predicted molar refractivity (Wildman–Crippen MR) is 116 cm³/mol. The highest BCUT2D eigenvalue weighted by Gasteiger charge is 2.13. The Morgan fingerprint density at radius 2 is 1.83 bits per heavy atom. The van der Waals surface area contributed by atoms with E-state index in [-0.39, 0.29) is 12.3 Å². The first-order valence-corrected chi connectivity index (χ1v) is 10.6. The number of carbonyl (C=O) groups excluding carboxylic acids is 1. The first kappa shape index (κ1) is 19.5. The van der Waals surface area contributed by atoms with Gasteiger partial charge in [0.25, 0.3) is 0 Å². The number of carbonyl (C=O) groups is 1. The summed E-state index contributed by atoms with van der Waals surface area (Å²) in [4.78, 5) is 17.1. The molecule has 0 unspecified atom stereocenters. The Hall–Kier alpha value is -2.86. The Morgan fingerprint density at radius 3 is 2.62 bits per heavy atom. The fourth-order valence-corrected chi connectivity index (χ4v) is 4.43. The molecule has 1 aromatic heterocycles. The molecule has 1 amide bonds. The van der Waals surface area contributed by atoms with Crippen LogP contribution in [0.15, 0.2) is 41.8 Å². The highest BCUT2D eigenvalue weighted by Crippen LogP contribution is 2.30. The van der Waals surface area contributed by atoms with Gasteiger partial charge in [0.05, 0.1) is 26.3 Å². The molecular weight excluding hydrogens is 384 g/mol. The number of hydrogen-bond donors (Lipinski definition) is 1. The van der Waals surface area contributed by atoms with Crippen LogP contribution < -0.4 is 14.8 Å². The van der Waals surface area contributed by atoms with Crippen LogP contribution in [-0.2, 0) is 24.1 Å². The third kappa shape index (κ3) is 4.43. The minimum atomic E-state index is -0.108. The standard InChI is InChI=1S/C23H24N2O3S/c1-27-20-10-7-15(11-21(20)28-2)12-22(26)25-23-24-19(14-29-23)18-9-8-16-5-3-4-6-17(16)13-18/h7-11,13-14H,3-6,12H2,1-2H3,(H,24,25,26). The number of nitrogens with zero attached hydrogens (tertiary/aromatic N) is 1. The molecule has 1 heterocycles. The van der Waals surface area contributed by atoms with Crippen LogP contribution in [0.4, 0.5) is 5.13 Å². The van der Waals surface area contributed by atoms with Crippen molar-refractivity contribution in [1.82, 2.24) is 4.98 Å². The molecule has 3 aromatic rings. The third-order valence-corrected chi connectivity index (χ3v) is 5.97. The molecule has 0 fully saturated rings. The Labute approximate surface area is 174 Å².